The molecule has 4 heteroatoms. The van der Waals surface area contributed by atoms with Crippen molar-refractivity contribution in [3.63, 3.8) is 0 Å². The van der Waals surface area contributed by atoms with Crippen molar-refractivity contribution in [3.8, 4) is 11.3 Å². The standard InChI is InChI=1S/C11H9BrN2S/c12-9-3-1-2-8(6-9)10-7-14-4-5-15-11(14)13-10/h1-3,6-7H,4-5H2. The first-order chi connectivity index (χ1) is 7.33. The molecule has 3 rings (SSSR count). The molecule has 0 saturated carbocycles. The van der Waals surface area contributed by atoms with Gasteiger partial charge in [-0.15, -0.1) is 0 Å². The summed E-state index contributed by atoms with van der Waals surface area (Å²) in [5.41, 5.74) is 2.24. The second-order valence-electron chi connectivity index (χ2n) is 3.46. The molecule has 1 aromatic heterocycles. The molecule has 76 valence electrons. The van der Waals surface area contributed by atoms with Gasteiger partial charge in [0.15, 0.2) is 5.16 Å². The van der Waals surface area contributed by atoms with Crippen LogP contribution in [0.3, 0.4) is 0 Å². The van der Waals surface area contributed by atoms with Crippen LogP contribution in [0, 0.1) is 0 Å². The SMILES string of the molecule is Brc1cccc(-c2cn3c(n2)SCC3)c1. The number of aryl methyl sites for hydroxylation is 1. The molecule has 1 aromatic carbocycles. The molecule has 15 heavy (non-hydrogen) atoms. The van der Waals surface area contributed by atoms with Gasteiger partial charge in [0.2, 0.25) is 0 Å². The lowest BCUT2D eigenvalue weighted by atomic mass is 10.2. The van der Waals surface area contributed by atoms with Crippen molar-refractivity contribution in [2.24, 2.45) is 0 Å². The second-order valence-corrected chi connectivity index (χ2v) is 5.44. The first-order valence-corrected chi connectivity index (χ1v) is 6.57. The van der Waals surface area contributed by atoms with Gasteiger partial charge in [-0.3, -0.25) is 0 Å². The fourth-order valence-corrected chi connectivity index (χ4v) is 3.04. The fraction of sp³-hybridized carbons (Fsp3) is 0.182. The molecule has 0 amide bonds. The predicted octanol–water partition coefficient (Wildman–Crippen LogP) is 3.42. The Kier molecular flexibility index (Phi) is 2.33. The van der Waals surface area contributed by atoms with E-state index >= 15 is 0 Å². The average Bonchev–Trinajstić information content (AvgIpc) is 2.76. The molecule has 0 saturated heterocycles. The molecule has 0 N–H and O–H groups in total. The third-order valence-electron chi connectivity index (χ3n) is 2.42. The van der Waals surface area contributed by atoms with E-state index in [9.17, 15) is 0 Å². The van der Waals surface area contributed by atoms with Crippen molar-refractivity contribution < 1.29 is 0 Å². The number of hydrogen-bond donors (Lipinski definition) is 0. The summed E-state index contributed by atoms with van der Waals surface area (Å²) in [6.45, 7) is 1.08. The second kappa shape index (κ2) is 3.68. The van der Waals surface area contributed by atoms with Crippen LogP contribution in [0.2, 0.25) is 0 Å². The molecule has 0 bridgehead atoms. The minimum absolute atomic E-state index is 1.07. The maximum absolute atomic E-state index is 4.61. The molecule has 2 nitrogen and oxygen atoms in total. The van der Waals surface area contributed by atoms with E-state index in [1.165, 1.54) is 5.56 Å². The van der Waals surface area contributed by atoms with Crippen LogP contribution >= 0.6 is 27.7 Å². The fourth-order valence-electron chi connectivity index (χ4n) is 1.70. The molecular formula is C11H9BrN2S. The first kappa shape index (κ1) is 9.48. The van der Waals surface area contributed by atoms with Gasteiger partial charge in [0.05, 0.1) is 5.69 Å². The quantitative estimate of drug-likeness (QED) is 0.797. The Morgan fingerprint density at radius 1 is 1.40 bits per heavy atom. The van der Waals surface area contributed by atoms with Gasteiger partial charge >= 0.3 is 0 Å². The third kappa shape index (κ3) is 1.72. The number of thioether (sulfide) groups is 1. The van der Waals surface area contributed by atoms with Crippen molar-refractivity contribution in [1.29, 1.82) is 0 Å². The Hall–Kier alpha value is -0.740. The van der Waals surface area contributed by atoms with Crippen molar-refractivity contribution in [2.75, 3.05) is 5.75 Å². The number of aromatic nitrogens is 2. The minimum atomic E-state index is 1.07. The number of benzene rings is 1. The summed E-state index contributed by atoms with van der Waals surface area (Å²) in [6.07, 6.45) is 2.14. The first-order valence-electron chi connectivity index (χ1n) is 4.79. The summed E-state index contributed by atoms with van der Waals surface area (Å²) in [5.74, 6) is 1.15. The summed E-state index contributed by atoms with van der Waals surface area (Å²) in [6, 6.07) is 8.26. The van der Waals surface area contributed by atoms with Gasteiger partial charge < -0.3 is 4.57 Å². The van der Waals surface area contributed by atoms with Crippen LogP contribution in [0.15, 0.2) is 40.1 Å². The van der Waals surface area contributed by atoms with Crippen LogP contribution in [0.1, 0.15) is 0 Å². The van der Waals surface area contributed by atoms with Gasteiger partial charge in [0.25, 0.3) is 0 Å². The number of imidazole rings is 1. The van der Waals surface area contributed by atoms with Crippen LogP contribution in [-0.2, 0) is 6.54 Å². The summed E-state index contributed by atoms with van der Waals surface area (Å²) in [5, 5.41) is 1.14. The molecule has 0 aliphatic carbocycles. The van der Waals surface area contributed by atoms with Crippen LogP contribution < -0.4 is 0 Å². The Bertz CT molecular complexity index is 486. The topological polar surface area (TPSA) is 17.8 Å². The Morgan fingerprint density at radius 2 is 2.33 bits per heavy atom. The van der Waals surface area contributed by atoms with Gasteiger partial charge in [0, 0.05) is 28.5 Å². The van der Waals surface area contributed by atoms with Gasteiger partial charge in [0.1, 0.15) is 0 Å². The number of rotatable bonds is 1. The van der Waals surface area contributed by atoms with Crippen LogP contribution in [0.5, 0.6) is 0 Å². The van der Waals surface area contributed by atoms with E-state index in [1.54, 1.807) is 0 Å². The lowest BCUT2D eigenvalue weighted by molar-refractivity contribution is 0.719. The summed E-state index contributed by atoms with van der Waals surface area (Å²) in [7, 11) is 0. The zero-order valence-electron chi connectivity index (χ0n) is 7.98. The van der Waals surface area contributed by atoms with E-state index in [-0.39, 0.29) is 0 Å². The predicted molar refractivity (Wildman–Crippen MR) is 66.1 cm³/mol. The van der Waals surface area contributed by atoms with Crippen LogP contribution in [0.25, 0.3) is 11.3 Å². The molecule has 1 aliphatic rings. The largest absolute Gasteiger partial charge is 0.325 e. The lowest BCUT2D eigenvalue weighted by Gasteiger charge is -1.97. The molecule has 0 fully saturated rings. The highest BCUT2D eigenvalue weighted by Crippen LogP contribution is 2.29. The van der Waals surface area contributed by atoms with E-state index in [1.807, 2.05) is 23.9 Å². The van der Waals surface area contributed by atoms with Crippen molar-refractivity contribution in [1.82, 2.24) is 9.55 Å². The number of hydrogen-bond acceptors (Lipinski definition) is 2. The average molecular weight is 281 g/mol. The van der Waals surface area contributed by atoms with Crippen LogP contribution in [0.4, 0.5) is 0 Å². The molecule has 1 aliphatic heterocycles. The maximum Gasteiger partial charge on any atom is 0.168 e. The minimum Gasteiger partial charge on any atom is -0.325 e. The molecule has 0 spiro atoms. The molecule has 0 atom stereocenters. The molecule has 0 radical (unpaired) electrons. The molecule has 2 aromatic rings. The van der Waals surface area contributed by atoms with Gasteiger partial charge in [-0.05, 0) is 12.1 Å². The zero-order chi connectivity index (χ0) is 10.3. The Morgan fingerprint density at radius 3 is 3.13 bits per heavy atom. The lowest BCUT2D eigenvalue weighted by Crippen LogP contribution is -1.89. The van der Waals surface area contributed by atoms with E-state index in [0.29, 0.717) is 0 Å². The Balaban J connectivity index is 2.06. The van der Waals surface area contributed by atoms with Crippen molar-refractivity contribution in [2.45, 2.75) is 11.7 Å². The molecular weight excluding hydrogens is 272 g/mol. The molecule has 2 heterocycles. The number of halogens is 1. The Labute approximate surface area is 101 Å². The van der Waals surface area contributed by atoms with Gasteiger partial charge in [-0.1, -0.05) is 39.8 Å². The van der Waals surface area contributed by atoms with E-state index in [2.05, 4.69) is 43.8 Å². The van der Waals surface area contributed by atoms with E-state index in [4.69, 9.17) is 0 Å². The van der Waals surface area contributed by atoms with Gasteiger partial charge in [-0.2, -0.15) is 0 Å². The van der Waals surface area contributed by atoms with Gasteiger partial charge in [-0.25, -0.2) is 4.98 Å². The molecule has 0 unspecified atom stereocenters. The summed E-state index contributed by atoms with van der Waals surface area (Å²) < 4.78 is 3.32. The van der Waals surface area contributed by atoms with E-state index < -0.39 is 0 Å². The number of fused-ring (bicyclic) bond motifs is 1. The third-order valence-corrected chi connectivity index (χ3v) is 3.89. The monoisotopic (exact) mass is 280 g/mol. The highest BCUT2D eigenvalue weighted by atomic mass is 79.9. The highest BCUT2D eigenvalue weighted by molar-refractivity contribution is 9.10. The smallest absolute Gasteiger partial charge is 0.168 e. The summed E-state index contributed by atoms with van der Waals surface area (Å²) in [4.78, 5) is 4.61. The van der Waals surface area contributed by atoms with Crippen molar-refractivity contribution in [3.05, 3.63) is 34.9 Å². The highest BCUT2D eigenvalue weighted by Gasteiger charge is 2.14. The van der Waals surface area contributed by atoms with E-state index in [0.717, 1.165) is 27.6 Å². The van der Waals surface area contributed by atoms with Crippen LogP contribution in [-0.4, -0.2) is 15.3 Å². The maximum atomic E-state index is 4.61. The number of nitrogens with zero attached hydrogens (tertiary/aromatic N) is 2. The normalized spacial score (nSPS) is 14.2. The summed E-state index contributed by atoms with van der Waals surface area (Å²) >= 11 is 5.30. The zero-order valence-corrected chi connectivity index (χ0v) is 10.4. The van der Waals surface area contributed by atoms with Crippen molar-refractivity contribution >= 4 is 27.7 Å².